The number of rotatable bonds is 2. The molecule has 1 aromatic heterocycles. The van der Waals surface area contributed by atoms with Crippen LogP contribution in [0.4, 0.5) is 13.2 Å². The van der Waals surface area contributed by atoms with Gasteiger partial charge in [-0.05, 0) is 14.1 Å². The molecule has 0 aliphatic carbocycles. The highest BCUT2D eigenvalue weighted by Gasteiger charge is 2.36. The molecule has 3 nitrogen and oxygen atoms in total. The van der Waals surface area contributed by atoms with E-state index in [2.05, 4.69) is 5.10 Å². The van der Waals surface area contributed by atoms with Crippen molar-refractivity contribution >= 4 is 0 Å². The Morgan fingerprint density at radius 1 is 1.43 bits per heavy atom. The van der Waals surface area contributed by atoms with E-state index in [4.69, 9.17) is 0 Å². The van der Waals surface area contributed by atoms with Gasteiger partial charge in [0.2, 0.25) is 0 Å². The van der Waals surface area contributed by atoms with E-state index in [-0.39, 0.29) is 12.1 Å². The smallest absolute Gasteiger partial charge is 0.305 e. The number of halogens is 3. The van der Waals surface area contributed by atoms with E-state index in [1.165, 1.54) is 17.9 Å². The molecular formula is C8H12F3N3. The van der Waals surface area contributed by atoms with Crippen molar-refractivity contribution in [2.24, 2.45) is 7.05 Å². The second-order valence-electron chi connectivity index (χ2n) is 3.41. The highest BCUT2D eigenvalue weighted by atomic mass is 19.4. The number of aryl methyl sites for hydroxylation is 1. The van der Waals surface area contributed by atoms with Crippen LogP contribution in [0, 0.1) is 0 Å². The molecule has 1 aromatic rings. The minimum absolute atomic E-state index is 0.199. The standard InChI is InChI=1S/C8H12F3N3/c1-13(2)4-6-5-14(3)12-7(6)8(9,10)11/h5H,4H2,1-3H3. The fraction of sp³-hybridized carbons (Fsp3) is 0.625. The third-order valence-corrected chi connectivity index (χ3v) is 1.66. The average Bonchev–Trinajstić information content (AvgIpc) is 2.28. The second kappa shape index (κ2) is 3.61. The van der Waals surface area contributed by atoms with Crippen LogP contribution in [0.3, 0.4) is 0 Å². The van der Waals surface area contributed by atoms with Crippen molar-refractivity contribution in [3.63, 3.8) is 0 Å². The van der Waals surface area contributed by atoms with Crippen LogP contribution < -0.4 is 0 Å². The molecular weight excluding hydrogens is 195 g/mol. The predicted octanol–water partition coefficient (Wildman–Crippen LogP) is 1.50. The summed E-state index contributed by atoms with van der Waals surface area (Å²) in [6, 6.07) is 0. The van der Waals surface area contributed by atoms with Gasteiger partial charge in [0.25, 0.3) is 0 Å². The Hall–Kier alpha value is -1.04. The van der Waals surface area contributed by atoms with Gasteiger partial charge >= 0.3 is 6.18 Å². The number of hydrogen-bond donors (Lipinski definition) is 0. The number of nitrogens with zero attached hydrogens (tertiary/aromatic N) is 3. The molecule has 0 saturated carbocycles. The molecule has 0 amide bonds. The molecule has 1 rings (SSSR count). The Bertz CT molecular complexity index is 314. The topological polar surface area (TPSA) is 21.1 Å². The molecule has 0 aliphatic rings. The SMILES string of the molecule is CN(C)Cc1cn(C)nc1C(F)(F)F. The van der Waals surface area contributed by atoms with Crippen molar-refractivity contribution in [3.8, 4) is 0 Å². The fourth-order valence-electron chi connectivity index (χ4n) is 1.23. The molecule has 1 heterocycles. The van der Waals surface area contributed by atoms with Crippen molar-refractivity contribution < 1.29 is 13.2 Å². The largest absolute Gasteiger partial charge is 0.435 e. The quantitative estimate of drug-likeness (QED) is 0.732. The van der Waals surface area contributed by atoms with Gasteiger partial charge in [-0.15, -0.1) is 0 Å². The highest BCUT2D eigenvalue weighted by Crippen LogP contribution is 2.30. The zero-order chi connectivity index (χ0) is 10.9. The lowest BCUT2D eigenvalue weighted by molar-refractivity contribution is -0.142. The molecule has 0 aromatic carbocycles. The Balaban J connectivity index is 3.03. The molecule has 0 radical (unpaired) electrons. The van der Waals surface area contributed by atoms with Gasteiger partial charge in [0.05, 0.1) is 0 Å². The summed E-state index contributed by atoms with van der Waals surface area (Å²) in [5, 5.41) is 3.40. The first kappa shape index (κ1) is 11.0. The van der Waals surface area contributed by atoms with Crippen molar-refractivity contribution in [1.82, 2.24) is 14.7 Å². The van der Waals surface area contributed by atoms with Gasteiger partial charge < -0.3 is 4.90 Å². The molecule has 0 fully saturated rings. The van der Waals surface area contributed by atoms with E-state index < -0.39 is 11.9 Å². The van der Waals surface area contributed by atoms with Crippen molar-refractivity contribution in [1.29, 1.82) is 0 Å². The van der Waals surface area contributed by atoms with Crippen LogP contribution in [0.15, 0.2) is 6.20 Å². The van der Waals surface area contributed by atoms with Crippen LogP contribution in [0.25, 0.3) is 0 Å². The van der Waals surface area contributed by atoms with Crippen LogP contribution in [0.1, 0.15) is 11.3 Å². The zero-order valence-corrected chi connectivity index (χ0v) is 8.26. The fourth-order valence-corrected chi connectivity index (χ4v) is 1.23. The third-order valence-electron chi connectivity index (χ3n) is 1.66. The minimum atomic E-state index is -4.37. The van der Waals surface area contributed by atoms with Gasteiger partial charge in [0.15, 0.2) is 5.69 Å². The van der Waals surface area contributed by atoms with Gasteiger partial charge in [0, 0.05) is 25.4 Å². The molecule has 0 aliphatic heterocycles. The molecule has 14 heavy (non-hydrogen) atoms. The van der Waals surface area contributed by atoms with E-state index in [0.717, 1.165) is 0 Å². The first-order chi connectivity index (χ1) is 6.30. The Labute approximate surface area is 80.1 Å². The summed E-state index contributed by atoms with van der Waals surface area (Å²) in [6.45, 7) is 0.239. The molecule has 0 saturated heterocycles. The van der Waals surface area contributed by atoms with E-state index in [1.807, 2.05) is 0 Å². The lowest BCUT2D eigenvalue weighted by atomic mass is 10.2. The summed E-state index contributed by atoms with van der Waals surface area (Å²) in [7, 11) is 4.91. The Morgan fingerprint density at radius 2 is 2.00 bits per heavy atom. The molecule has 6 heteroatoms. The van der Waals surface area contributed by atoms with Crippen molar-refractivity contribution in [3.05, 3.63) is 17.5 Å². The number of hydrogen-bond acceptors (Lipinski definition) is 2. The molecule has 0 unspecified atom stereocenters. The molecule has 0 bridgehead atoms. The molecule has 0 spiro atoms. The summed E-state index contributed by atoms with van der Waals surface area (Å²) in [5.41, 5.74) is -0.598. The number of alkyl halides is 3. The minimum Gasteiger partial charge on any atom is -0.305 e. The lowest BCUT2D eigenvalue weighted by Crippen LogP contribution is -2.15. The highest BCUT2D eigenvalue weighted by molar-refractivity contribution is 5.19. The molecule has 0 atom stereocenters. The first-order valence-corrected chi connectivity index (χ1v) is 4.05. The van der Waals surface area contributed by atoms with Crippen molar-refractivity contribution in [2.75, 3.05) is 14.1 Å². The maximum absolute atomic E-state index is 12.4. The average molecular weight is 207 g/mol. The summed E-state index contributed by atoms with van der Waals surface area (Å²) in [6.07, 6.45) is -2.98. The third kappa shape index (κ3) is 2.47. The van der Waals surface area contributed by atoms with Crippen LogP contribution >= 0.6 is 0 Å². The van der Waals surface area contributed by atoms with Crippen LogP contribution in [-0.4, -0.2) is 28.8 Å². The Morgan fingerprint density at radius 3 is 2.43 bits per heavy atom. The Kier molecular flexibility index (Phi) is 2.84. The predicted molar refractivity (Wildman–Crippen MR) is 45.6 cm³/mol. The normalized spacial score (nSPS) is 12.5. The van der Waals surface area contributed by atoms with Gasteiger partial charge in [-0.25, -0.2) is 0 Å². The van der Waals surface area contributed by atoms with Gasteiger partial charge in [-0.2, -0.15) is 18.3 Å². The van der Waals surface area contributed by atoms with E-state index in [9.17, 15) is 13.2 Å². The first-order valence-electron chi connectivity index (χ1n) is 4.05. The maximum Gasteiger partial charge on any atom is 0.435 e. The summed E-state index contributed by atoms with van der Waals surface area (Å²) < 4.78 is 38.4. The summed E-state index contributed by atoms with van der Waals surface area (Å²) in [5.74, 6) is 0. The molecule has 80 valence electrons. The van der Waals surface area contributed by atoms with Crippen LogP contribution in [-0.2, 0) is 19.8 Å². The van der Waals surface area contributed by atoms with Gasteiger partial charge in [-0.1, -0.05) is 0 Å². The zero-order valence-electron chi connectivity index (χ0n) is 8.26. The van der Waals surface area contributed by atoms with E-state index in [1.54, 1.807) is 19.0 Å². The van der Waals surface area contributed by atoms with Crippen LogP contribution in [0.5, 0.6) is 0 Å². The second-order valence-corrected chi connectivity index (χ2v) is 3.41. The van der Waals surface area contributed by atoms with Crippen LogP contribution in [0.2, 0.25) is 0 Å². The number of aromatic nitrogens is 2. The molecule has 0 N–H and O–H groups in total. The van der Waals surface area contributed by atoms with E-state index in [0.29, 0.717) is 0 Å². The summed E-state index contributed by atoms with van der Waals surface area (Å²) >= 11 is 0. The van der Waals surface area contributed by atoms with Gasteiger partial charge in [-0.3, -0.25) is 4.68 Å². The lowest BCUT2D eigenvalue weighted by Gasteiger charge is -2.10. The van der Waals surface area contributed by atoms with Crippen molar-refractivity contribution in [2.45, 2.75) is 12.7 Å². The maximum atomic E-state index is 12.4. The van der Waals surface area contributed by atoms with Gasteiger partial charge in [0.1, 0.15) is 0 Å². The summed E-state index contributed by atoms with van der Waals surface area (Å²) in [4.78, 5) is 1.67. The monoisotopic (exact) mass is 207 g/mol. The van der Waals surface area contributed by atoms with E-state index >= 15 is 0 Å².